The summed E-state index contributed by atoms with van der Waals surface area (Å²) in [5.41, 5.74) is 0. The Morgan fingerprint density at radius 3 is 1.90 bits per heavy atom. The van der Waals surface area contributed by atoms with E-state index in [9.17, 15) is 8.78 Å². The largest absolute Gasteiger partial charge is 0.352 e. The van der Waals surface area contributed by atoms with E-state index < -0.39 is 6.08 Å². The minimum atomic E-state index is -1.51. The van der Waals surface area contributed by atoms with Crippen molar-refractivity contribution >= 4 is 0 Å². The summed E-state index contributed by atoms with van der Waals surface area (Å²) in [5.74, 6) is 3.65. The Labute approximate surface area is 176 Å². The molecular formula is C25H42F2O2. The Morgan fingerprint density at radius 1 is 0.759 bits per heavy atom. The number of rotatable bonds is 9. The standard InChI is InChI=1S/C25H42F2O2/c1-2-3-4-21-17-28-25(29-18-21)16-10-20-7-13-23(14-8-20)22-11-5-19(6-12-22)9-15-24(26)27/h15,19-23,25H,2-14,16-18H2,1H3. The third-order valence-electron chi connectivity index (χ3n) is 7.87. The maximum Gasteiger partial charge on any atom is 0.266 e. The molecule has 0 atom stereocenters. The minimum Gasteiger partial charge on any atom is -0.352 e. The quantitative estimate of drug-likeness (QED) is 0.386. The highest BCUT2D eigenvalue weighted by atomic mass is 19.3. The van der Waals surface area contributed by atoms with E-state index in [1.165, 1.54) is 64.2 Å². The molecule has 3 aliphatic rings. The summed E-state index contributed by atoms with van der Waals surface area (Å²) < 4.78 is 36.5. The molecule has 0 bridgehead atoms. The van der Waals surface area contributed by atoms with Crippen molar-refractivity contribution in [1.29, 1.82) is 0 Å². The summed E-state index contributed by atoms with van der Waals surface area (Å²) in [6.07, 6.45) is 16.5. The van der Waals surface area contributed by atoms with Crippen LogP contribution in [0.1, 0.15) is 96.8 Å². The zero-order chi connectivity index (χ0) is 20.5. The fourth-order valence-electron chi connectivity index (χ4n) is 5.88. The lowest BCUT2D eigenvalue weighted by atomic mass is 9.68. The fourth-order valence-corrected chi connectivity index (χ4v) is 5.88. The van der Waals surface area contributed by atoms with Gasteiger partial charge < -0.3 is 9.47 Å². The Bertz CT molecular complexity index is 467. The maximum absolute atomic E-state index is 12.3. The van der Waals surface area contributed by atoms with Crippen molar-refractivity contribution in [2.24, 2.45) is 29.6 Å². The van der Waals surface area contributed by atoms with E-state index in [4.69, 9.17) is 9.47 Å². The van der Waals surface area contributed by atoms with E-state index in [1.54, 1.807) is 0 Å². The van der Waals surface area contributed by atoms with E-state index in [0.29, 0.717) is 18.3 Å². The normalized spacial score (nSPS) is 36.0. The van der Waals surface area contributed by atoms with Crippen molar-refractivity contribution in [2.45, 2.75) is 103 Å². The highest BCUT2D eigenvalue weighted by Crippen LogP contribution is 2.43. The second kappa shape index (κ2) is 12.4. The van der Waals surface area contributed by atoms with Gasteiger partial charge in [0, 0.05) is 5.92 Å². The monoisotopic (exact) mass is 412 g/mol. The van der Waals surface area contributed by atoms with Gasteiger partial charge in [-0.1, -0.05) is 32.6 Å². The minimum absolute atomic E-state index is 0.0316. The van der Waals surface area contributed by atoms with Crippen LogP contribution in [0.25, 0.3) is 0 Å². The van der Waals surface area contributed by atoms with Gasteiger partial charge in [0.15, 0.2) is 6.29 Å². The summed E-state index contributed by atoms with van der Waals surface area (Å²) in [4.78, 5) is 0. The number of hydrogen-bond acceptors (Lipinski definition) is 2. The van der Waals surface area contributed by atoms with Crippen LogP contribution in [0.15, 0.2) is 12.2 Å². The fraction of sp³-hybridized carbons (Fsp3) is 0.920. The molecule has 1 saturated heterocycles. The van der Waals surface area contributed by atoms with Gasteiger partial charge in [0.1, 0.15) is 0 Å². The molecule has 168 valence electrons. The number of allylic oxidation sites excluding steroid dienone is 1. The Balaban J connectivity index is 1.26. The van der Waals surface area contributed by atoms with Gasteiger partial charge in [-0.05, 0) is 94.0 Å². The van der Waals surface area contributed by atoms with Gasteiger partial charge in [-0.2, -0.15) is 8.78 Å². The SMILES string of the molecule is CCCCC1COC(CCC2CCC(C3CCC(CC=C(F)F)CC3)CC2)OC1. The number of ether oxygens (including phenoxy) is 2. The van der Waals surface area contributed by atoms with Gasteiger partial charge in [-0.15, -0.1) is 0 Å². The molecule has 29 heavy (non-hydrogen) atoms. The van der Waals surface area contributed by atoms with E-state index in [2.05, 4.69) is 6.92 Å². The molecule has 0 spiro atoms. The zero-order valence-electron chi connectivity index (χ0n) is 18.4. The topological polar surface area (TPSA) is 18.5 Å². The highest BCUT2D eigenvalue weighted by Gasteiger charge is 2.31. The molecule has 0 aromatic rings. The van der Waals surface area contributed by atoms with Gasteiger partial charge in [-0.25, -0.2) is 0 Å². The summed E-state index contributed by atoms with van der Waals surface area (Å²) in [5, 5.41) is 0. The van der Waals surface area contributed by atoms with E-state index in [1.807, 2.05) is 0 Å². The average molecular weight is 413 g/mol. The van der Waals surface area contributed by atoms with Crippen LogP contribution in [-0.2, 0) is 9.47 Å². The summed E-state index contributed by atoms with van der Waals surface area (Å²) in [6, 6.07) is 0. The second-order valence-electron chi connectivity index (χ2n) is 9.97. The lowest BCUT2D eigenvalue weighted by Gasteiger charge is -2.38. The summed E-state index contributed by atoms with van der Waals surface area (Å²) in [7, 11) is 0. The Hall–Kier alpha value is -0.480. The molecule has 3 fully saturated rings. The van der Waals surface area contributed by atoms with Gasteiger partial charge in [0.2, 0.25) is 0 Å². The maximum atomic E-state index is 12.3. The van der Waals surface area contributed by atoms with E-state index in [0.717, 1.165) is 56.3 Å². The van der Waals surface area contributed by atoms with Crippen LogP contribution in [-0.4, -0.2) is 19.5 Å². The molecule has 0 N–H and O–H groups in total. The molecule has 1 aliphatic heterocycles. The van der Waals surface area contributed by atoms with E-state index >= 15 is 0 Å². The average Bonchev–Trinajstić information content (AvgIpc) is 2.76. The smallest absolute Gasteiger partial charge is 0.266 e. The summed E-state index contributed by atoms with van der Waals surface area (Å²) >= 11 is 0. The third kappa shape index (κ3) is 7.94. The van der Waals surface area contributed by atoms with Gasteiger partial charge in [0.05, 0.1) is 13.2 Å². The molecule has 0 radical (unpaired) electrons. The zero-order valence-corrected chi connectivity index (χ0v) is 18.4. The molecule has 2 nitrogen and oxygen atoms in total. The first-order valence-electron chi connectivity index (χ1n) is 12.4. The van der Waals surface area contributed by atoms with Crippen LogP contribution in [0.5, 0.6) is 0 Å². The first-order valence-corrected chi connectivity index (χ1v) is 12.4. The molecule has 0 amide bonds. The van der Waals surface area contributed by atoms with Crippen LogP contribution >= 0.6 is 0 Å². The number of halogens is 2. The predicted octanol–water partition coefficient (Wildman–Crippen LogP) is 7.73. The van der Waals surface area contributed by atoms with Crippen molar-refractivity contribution < 1.29 is 18.3 Å². The second-order valence-corrected chi connectivity index (χ2v) is 9.97. The molecule has 0 unspecified atom stereocenters. The van der Waals surface area contributed by atoms with Gasteiger partial charge >= 0.3 is 0 Å². The van der Waals surface area contributed by atoms with Crippen molar-refractivity contribution in [3.05, 3.63) is 12.2 Å². The lowest BCUT2D eigenvalue weighted by Crippen LogP contribution is -2.32. The predicted molar refractivity (Wildman–Crippen MR) is 114 cm³/mol. The lowest BCUT2D eigenvalue weighted by molar-refractivity contribution is -0.205. The molecule has 1 heterocycles. The van der Waals surface area contributed by atoms with Gasteiger partial charge in [0.25, 0.3) is 6.08 Å². The van der Waals surface area contributed by atoms with Crippen LogP contribution in [0.2, 0.25) is 0 Å². The Morgan fingerprint density at radius 2 is 1.34 bits per heavy atom. The van der Waals surface area contributed by atoms with Crippen LogP contribution in [0, 0.1) is 29.6 Å². The molecule has 2 saturated carbocycles. The third-order valence-corrected chi connectivity index (χ3v) is 7.87. The van der Waals surface area contributed by atoms with Gasteiger partial charge in [-0.3, -0.25) is 0 Å². The van der Waals surface area contributed by atoms with E-state index in [-0.39, 0.29) is 6.29 Å². The van der Waals surface area contributed by atoms with Crippen LogP contribution < -0.4 is 0 Å². The molecule has 3 rings (SSSR count). The molecule has 0 aromatic heterocycles. The molecule has 2 aliphatic carbocycles. The van der Waals surface area contributed by atoms with Crippen molar-refractivity contribution in [2.75, 3.05) is 13.2 Å². The van der Waals surface area contributed by atoms with Crippen LogP contribution in [0.4, 0.5) is 8.78 Å². The molecule has 0 aromatic carbocycles. The van der Waals surface area contributed by atoms with Crippen LogP contribution in [0.3, 0.4) is 0 Å². The molecule has 4 heteroatoms. The first kappa shape index (κ1) is 23.2. The molecular weight excluding hydrogens is 370 g/mol. The van der Waals surface area contributed by atoms with Crippen molar-refractivity contribution in [3.8, 4) is 0 Å². The van der Waals surface area contributed by atoms with Crippen molar-refractivity contribution in [3.63, 3.8) is 0 Å². The Kier molecular flexibility index (Phi) is 9.91. The number of unbranched alkanes of at least 4 members (excludes halogenated alkanes) is 1. The number of hydrogen-bond donors (Lipinski definition) is 0. The first-order chi connectivity index (χ1) is 14.1. The highest BCUT2D eigenvalue weighted by molar-refractivity contribution is 4.87. The summed E-state index contributed by atoms with van der Waals surface area (Å²) in [6.45, 7) is 4.00. The van der Waals surface area contributed by atoms with Crippen molar-refractivity contribution in [1.82, 2.24) is 0 Å².